The zero-order valence-electron chi connectivity index (χ0n) is 17.5. The minimum atomic E-state index is -0.379. The van der Waals surface area contributed by atoms with E-state index in [9.17, 15) is 9.90 Å². The van der Waals surface area contributed by atoms with Gasteiger partial charge in [0.15, 0.2) is 0 Å². The van der Waals surface area contributed by atoms with Crippen LogP contribution >= 0.6 is 0 Å². The molecule has 162 valence electrons. The maximum Gasteiger partial charge on any atom is 0.258 e. The number of hydrogen-bond acceptors (Lipinski definition) is 5. The van der Waals surface area contributed by atoms with Crippen LogP contribution in [0.5, 0.6) is 11.5 Å². The van der Waals surface area contributed by atoms with Crippen LogP contribution in [0.4, 0.5) is 0 Å². The summed E-state index contributed by atoms with van der Waals surface area (Å²) < 4.78 is 5.24. The Morgan fingerprint density at radius 3 is 2.61 bits per heavy atom. The van der Waals surface area contributed by atoms with E-state index in [1.165, 1.54) is 13.2 Å². The molecule has 0 aliphatic heterocycles. The summed E-state index contributed by atoms with van der Waals surface area (Å²) in [6.07, 6.45) is 4.93. The van der Waals surface area contributed by atoms with Crippen LogP contribution in [0, 0.1) is 11.5 Å². The molecule has 0 aromatic heterocycles. The predicted molar refractivity (Wildman–Crippen MR) is 118 cm³/mol. The summed E-state index contributed by atoms with van der Waals surface area (Å²) >= 11 is 0. The summed E-state index contributed by atoms with van der Waals surface area (Å²) in [5.74, 6) is -0.0484. The molecule has 1 amide bonds. The molecule has 8 nitrogen and oxygen atoms in total. The second-order valence-electron chi connectivity index (χ2n) is 7.70. The Balaban J connectivity index is 1.77. The van der Waals surface area contributed by atoms with Crippen LogP contribution in [0.1, 0.15) is 41.6 Å². The van der Waals surface area contributed by atoms with Gasteiger partial charge in [-0.15, -0.1) is 4.99 Å². The van der Waals surface area contributed by atoms with Crippen molar-refractivity contribution in [2.45, 2.75) is 37.1 Å². The van der Waals surface area contributed by atoms with Crippen molar-refractivity contribution in [3.63, 3.8) is 0 Å². The second kappa shape index (κ2) is 9.85. The zero-order chi connectivity index (χ0) is 22.3. The van der Waals surface area contributed by atoms with E-state index in [1.807, 2.05) is 18.2 Å². The molecule has 1 aliphatic rings. The van der Waals surface area contributed by atoms with Crippen molar-refractivity contribution in [3.8, 4) is 17.7 Å². The number of aromatic hydroxyl groups is 1. The van der Waals surface area contributed by atoms with E-state index in [-0.39, 0.29) is 34.6 Å². The molecule has 0 heterocycles. The van der Waals surface area contributed by atoms with E-state index < -0.39 is 0 Å². The average Bonchev–Trinajstić information content (AvgIpc) is 2.79. The summed E-state index contributed by atoms with van der Waals surface area (Å²) in [6.45, 7) is 0.418. The van der Waals surface area contributed by atoms with Crippen LogP contribution in [0.15, 0.2) is 53.5 Å². The summed E-state index contributed by atoms with van der Waals surface area (Å²) in [5, 5.41) is 24.9. The summed E-state index contributed by atoms with van der Waals surface area (Å²) in [5.41, 5.74) is 6.74. The lowest BCUT2D eigenvalue weighted by atomic mass is 9.68. The summed E-state index contributed by atoms with van der Waals surface area (Å²) in [6, 6.07) is 15.0. The van der Waals surface area contributed by atoms with E-state index >= 15 is 0 Å². The third kappa shape index (κ3) is 5.07. The number of ether oxygens (including phenoxy) is 1. The first-order valence-electron chi connectivity index (χ1n) is 10.2. The van der Waals surface area contributed by atoms with Crippen LogP contribution in [0.3, 0.4) is 0 Å². The smallest absolute Gasteiger partial charge is 0.258 e. The van der Waals surface area contributed by atoms with Crippen molar-refractivity contribution >= 4 is 11.9 Å². The number of nitrogens with two attached hydrogens (primary N) is 1. The number of phenolic OH excluding ortho intramolecular Hbond substituents is 1. The first-order valence-corrected chi connectivity index (χ1v) is 10.2. The SMILES string of the molecule is COc1cccc(O)c1C(=O)NC[C@]1(c2ccccc2)CC[C@@H](N/C(N)=N/C#N)CC1. The van der Waals surface area contributed by atoms with Gasteiger partial charge in [0, 0.05) is 18.0 Å². The number of guanidine groups is 1. The molecule has 0 atom stereocenters. The van der Waals surface area contributed by atoms with Gasteiger partial charge in [-0.05, 0) is 43.4 Å². The molecule has 0 bridgehead atoms. The molecule has 1 aliphatic carbocycles. The Hall–Kier alpha value is -3.73. The Bertz CT molecular complexity index is 976. The minimum Gasteiger partial charge on any atom is -0.507 e. The van der Waals surface area contributed by atoms with Crippen LogP contribution in [-0.2, 0) is 5.41 Å². The van der Waals surface area contributed by atoms with Gasteiger partial charge in [-0.2, -0.15) is 5.26 Å². The largest absolute Gasteiger partial charge is 0.507 e. The zero-order valence-corrected chi connectivity index (χ0v) is 17.5. The minimum absolute atomic E-state index is 0.114. The molecule has 0 spiro atoms. The highest BCUT2D eigenvalue weighted by Gasteiger charge is 2.37. The summed E-state index contributed by atoms with van der Waals surface area (Å²) in [7, 11) is 1.46. The normalized spacial score (nSPS) is 21.0. The molecule has 31 heavy (non-hydrogen) atoms. The number of methoxy groups -OCH3 is 1. The van der Waals surface area contributed by atoms with Crippen molar-refractivity contribution in [1.82, 2.24) is 10.6 Å². The third-order valence-electron chi connectivity index (χ3n) is 5.89. The lowest BCUT2D eigenvalue weighted by molar-refractivity contribution is 0.0929. The molecule has 0 radical (unpaired) electrons. The maximum absolute atomic E-state index is 12.9. The molecular formula is C23H27N5O3. The Kier molecular flexibility index (Phi) is 6.98. The fraction of sp³-hybridized carbons (Fsp3) is 0.348. The van der Waals surface area contributed by atoms with Crippen LogP contribution in [0.25, 0.3) is 0 Å². The highest BCUT2D eigenvalue weighted by molar-refractivity contribution is 5.99. The monoisotopic (exact) mass is 421 g/mol. The summed E-state index contributed by atoms with van der Waals surface area (Å²) in [4.78, 5) is 16.4. The fourth-order valence-electron chi connectivity index (χ4n) is 4.22. The number of phenols is 1. The van der Waals surface area contributed by atoms with Gasteiger partial charge in [-0.3, -0.25) is 4.79 Å². The van der Waals surface area contributed by atoms with Gasteiger partial charge < -0.3 is 26.2 Å². The number of amides is 1. The Labute approximate surface area is 181 Å². The topological polar surface area (TPSA) is 133 Å². The second-order valence-corrected chi connectivity index (χ2v) is 7.70. The van der Waals surface area contributed by atoms with Crippen LogP contribution < -0.4 is 21.1 Å². The molecule has 5 N–H and O–H groups in total. The van der Waals surface area contributed by atoms with Crippen molar-refractivity contribution in [1.29, 1.82) is 5.26 Å². The molecule has 2 aromatic carbocycles. The molecule has 3 rings (SSSR count). The average molecular weight is 422 g/mol. The number of nitrogens with one attached hydrogen (secondary N) is 2. The lowest BCUT2D eigenvalue weighted by Crippen LogP contribution is -2.48. The van der Waals surface area contributed by atoms with E-state index in [0.29, 0.717) is 12.3 Å². The predicted octanol–water partition coefficient (Wildman–Crippen LogP) is 2.40. The van der Waals surface area contributed by atoms with Gasteiger partial charge in [0.2, 0.25) is 12.2 Å². The number of rotatable bonds is 6. The van der Waals surface area contributed by atoms with E-state index in [0.717, 1.165) is 31.2 Å². The number of carbonyl (C=O) groups excluding carboxylic acids is 1. The Morgan fingerprint density at radius 2 is 1.97 bits per heavy atom. The molecule has 1 saturated carbocycles. The first kappa shape index (κ1) is 22.0. The standard InChI is InChI=1S/C23H27N5O3/c1-31-19-9-5-8-18(29)20(19)21(30)26-14-23(16-6-3-2-4-7-16)12-10-17(11-13-23)28-22(25)27-15-24/h2-9,17,29H,10-14H2,1H3,(H,26,30)(H3,25,27,28)/t17-,23+. The van der Waals surface area contributed by atoms with Gasteiger partial charge in [0.1, 0.15) is 17.1 Å². The number of nitriles is 1. The molecule has 8 heteroatoms. The van der Waals surface area contributed by atoms with Crippen LogP contribution in [0.2, 0.25) is 0 Å². The molecule has 0 saturated heterocycles. The molecule has 2 aromatic rings. The van der Waals surface area contributed by atoms with Crippen molar-refractivity contribution in [2.24, 2.45) is 10.7 Å². The highest BCUT2D eigenvalue weighted by atomic mass is 16.5. The third-order valence-corrected chi connectivity index (χ3v) is 5.89. The molecule has 0 unspecified atom stereocenters. The number of benzene rings is 2. The van der Waals surface area contributed by atoms with Gasteiger partial charge >= 0.3 is 0 Å². The maximum atomic E-state index is 12.9. The van der Waals surface area contributed by atoms with E-state index in [1.54, 1.807) is 18.3 Å². The number of aliphatic imine (C=N–C) groups is 1. The van der Waals surface area contributed by atoms with Crippen LogP contribution in [-0.4, -0.2) is 36.7 Å². The van der Waals surface area contributed by atoms with Crippen molar-refractivity contribution in [2.75, 3.05) is 13.7 Å². The van der Waals surface area contributed by atoms with Gasteiger partial charge in [-0.1, -0.05) is 36.4 Å². The van der Waals surface area contributed by atoms with Crippen molar-refractivity contribution in [3.05, 3.63) is 59.7 Å². The van der Waals surface area contributed by atoms with Gasteiger partial charge in [0.05, 0.1) is 7.11 Å². The molecule has 1 fully saturated rings. The first-order chi connectivity index (χ1) is 15.0. The fourth-order valence-corrected chi connectivity index (χ4v) is 4.22. The number of nitrogens with zero attached hydrogens (tertiary/aromatic N) is 2. The Morgan fingerprint density at radius 1 is 1.26 bits per heavy atom. The van der Waals surface area contributed by atoms with E-state index in [2.05, 4.69) is 27.8 Å². The highest BCUT2D eigenvalue weighted by Crippen LogP contribution is 2.39. The van der Waals surface area contributed by atoms with Gasteiger partial charge in [0.25, 0.3) is 5.91 Å². The molecular weight excluding hydrogens is 394 g/mol. The van der Waals surface area contributed by atoms with Crippen molar-refractivity contribution < 1.29 is 14.6 Å². The lowest BCUT2D eigenvalue weighted by Gasteiger charge is -2.41. The van der Waals surface area contributed by atoms with E-state index in [4.69, 9.17) is 15.7 Å². The number of carbonyl (C=O) groups is 1. The quantitative estimate of drug-likeness (QED) is 0.322. The number of hydrogen-bond donors (Lipinski definition) is 4. The van der Waals surface area contributed by atoms with Gasteiger partial charge in [-0.25, -0.2) is 0 Å².